The number of benzene rings is 1. The SMILES string of the molecule is CC(=O)Nc1ccc2c(c1N)C(=O)OC2. The molecule has 0 aromatic heterocycles. The van der Waals surface area contributed by atoms with Crippen molar-refractivity contribution in [3.05, 3.63) is 23.3 Å². The number of nitrogens with two attached hydrogens (primary N) is 1. The average molecular weight is 206 g/mol. The summed E-state index contributed by atoms with van der Waals surface area (Å²) >= 11 is 0. The van der Waals surface area contributed by atoms with Gasteiger partial charge in [0.1, 0.15) is 6.61 Å². The first kappa shape index (κ1) is 9.51. The molecular formula is C10H10N2O3. The molecule has 5 heteroatoms. The van der Waals surface area contributed by atoms with E-state index in [0.29, 0.717) is 11.3 Å². The molecule has 0 spiro atoms. The minimum absolute atomic E-state index is 0.229. The van der Waals surface area contributed by atoms with E-state index in [1.54, 1.807) is 12.1 Å². The second kappa shape index (κ2) is 3.27. The van der Waals surface area contributed by atoms with Crippen LogP contribution in [0.2, 0.25) is 0 Å². The van der Waals surface area contributed by atoms with Crippen LogP contribution in [0.1, 0.15) is 22.8 Å². The predicted molar refractivity (Wildman–Crippen MR) is 54.3 cm³/mol. The first-order chi connectivity index (χ1) is 7.09. The van der Waals surface area contributed by atoms with Crippen LogP contribution in [-0.2, 0) is 16.1 Å². The first-order valence-electron chi connectivity index (χ1n) is 4.45. The Morgan fingerprint density at radius 1 is 1.53 bits per heavy atom. The van der Waals surface area contributed by atoms with Crippen LogP contribution in [0.5, 0.6) is 0 Å². The van der Waals surface area contributed by atoms with Gasteiger partial charge in [0.05, 0.1) is 16.9 Å². The highest BCUT2D eigenvalue weighted by molar-refractivity contribution is 6.04. The van der Waals surface area contributed by atoms with E-state index in [1.165, 1.54) is 6.92 Å². The molecule has 0 bridgehead atoms. The summed E-state index contributed by atoms with van der Waals surface area (Å²) in [6, 6.07) is 3.39. The molecule has 0 aliphatic carbocycles. The van der Waals surface area contributed by atoms with Gasteiger partial charge in [0.25, 0.3) is 0 Å². The van der Waals surface area contributed by atoms with Crippen molar-refractivity contribution in [1.29, 1.82) is 0 Å². The van der Waals surface area contributed by atoms with Crippen molar-refractivity contribution in [2.45, 2.75) is 13.5 Å². The van der Waals surface area contributed by atoms with Crippen LogP contribution >= 0.6 is 0 Å². The summed E-state index contributed by atoms with van der Waals surface area (Å²) in [6.45, 7) is 1.63. The van der Waals surface area contributed by atoms with Gasteiger partial charge in [-0.1, -0.05) is 6.07 Å². The lowest BCUT2D eigenvalue weighted by Crippen LogP contribution is -2.10. The number of carbonyl (C=O) groups is 2. The van der Waals surface area contributed by atoms with Crippen molar-refractivity contribution in [1.82, 2.24) is 0 Å². The van der Waals surface area contributed by atoms with Gasteiger partial charge in [-0.3, -0.25) is 4.79 Å². The van der Waals surface area contributed by atoms with E-state index in [0.717, 1.165) is 5.56 Å². The van der Waals surface area contributed by atoms with E-state index < -0.39 is 5.97 Å². The number of fused-ring (bicyclic) bond motifs is 1. The van der Waals surface area contributed by atoms with Crippen LogP contribution < -0.4 is 11.1 Å². The van der Waals surface area contributed by atoms with Crippen molar-refractivity contribution in [2.24, 2.45) is 0 Å². The molecule has 1 aliphatic heterocycles. The highest BCUT2D eigenvalue weighted by atomic mass is 16.5. The third-order valence-corrected chi connectivity index (χ3v) is 2.21. The third kappa shape index (κ3) is 1.52. The highest BCUT2D eigenvalue weighted by Gasteiger charge is 2.25. The number of ether oxygens (including phenoxy) is 1. The Morgan fingerprint density at radius 2 is 2.27 bits per heavy atom. The summed E-state index contributed by atoms with van der Waals surface area (Å²) in [5, 5.41) is 2.55. The molecule has 78 valence electrons. The van der Waals surface area contributed by atoms with E-state index in [4.69, 9.17) is 10.5 Å². The fourth-order valence-corrected chi connectivity index (χ4v) is 1.54. The lowest BCUT2D eigenvalue weighted by atomic mass is 10.1. The molecule has 1 amide bonds. The maximum absolute atomic E-state index is 11.3. The normalized spacial score (nSPS) is 13.3. The zero-order valence-electron chi connectivity index (χ0n) is 8.16. The summed E-state index contributed by atoms with van der Waals surface area (Å²) in [7, 11) is 0. The third-order valence-electron chi connectivity index (χ3n) is 2.21. The van der Waals surface area contributed by atoms with Crippen LogP contribution in [0.3, 0.4) is 0 Å². The monoisotopic (exact) mass is 206 g/mol. The number of nitrogens with one attached hydrogen (secondary N) is 1. The summed E-state index contributed by atoms with van der Waals surface area (Å²) in [6.07, 6.45) is 0. The number of cyclic esters (lactones) is 1. The van der Waals surface area contributed by atoms with Crippen molar-refractivity contribution < 1.29 is 14.3 Å². The highest BCUT2D eigenvalue weighted by Crippen LogP contribution is 2.31. The number of rotatable bonds is 1. The molecule has 1 aromatic carbocycles. The molecule has 3 N–H and O–H groups in total. The Balaban J connectivity index is 2.49. The van der Waals surface area contributed by atoms with Crippen molar-refractivity contribution in [3.8, 4) is 0 Å². The number of carbonyl (C=O) groups excluding carboxylic acids is 2. The van der Waals surface area contributed by atoms with E-state index in [-0.39, 0.29) is 18.2 Å². The van der Waals surface area contributed by atoms with Crippen LogP contribution in [0.25, 0.3) is 0 Å². The topological polar surface area (TPSA) is 81.4 Å². The van der Waals surface area contributed by atoms with Crippen molar-refractivity contribution >= 4 is 23.3 Å². The van der Waals surface area contributed by atoms with E-state index >= 15 is 0 Å². The smallest absolute Gasteiger partial charge is 0.341 e. The lowest BCUT2D eigenvalue weighted by molar-refractivity contribution is -0.114. The molecule has 1 aliphatic rings. The Bertz CT molecular complexity index is 454. The molecule has 2 rings (SSSR count). The molecule has 0 saturated carbocycles. The minimum Gasteiger partial charge on any atom is -0.457 e. The Labute approximate surface area is 86.2 Å². The number of esters is 1. The number of amides is 1. The fourth-order valence-electron chi connectivity index (χ4n) is 1.54. The van der Waals surface area contributed by atoms with Gasteiger partial charge in [0, 0.05) is 12.5 Å². The maximum atomic E-state index is 11.3. The van der Waals surface area contributed by atoms with Crippen molar-refractivity contribution in [3.63, 3.8) is 0 Å². The molecule has 0 radical (unpaired) electrons. The molecular weight excluding hydrogens is 196 g/mol. The van der Waals surface area contributed by atoms with Gasteiger partial charge in [0.15, 0.2) is 0 Å². The summed E-state index contributed by atoms with van der Waals surface area (Å²) in [5.41, 5.74) is 7.59. The van der Waals surface area contributed by atoms with Crippen LogP contribution in [0.15, 0.2) is 12.1 Å². The van der Waals surface area contributed by atoms with Crippen molar-refractivity contribution in [2.75, 3.05) is 11.1 Å². The van der Waals surface area contributed by atoms with Crippen LogP contribution in [0, 0.1) is 0 Å². The number of anilines is 2. The van der Waals surface area contributed by atoms with Gasteiger partial charge >= 0.3 is 5.97 Å². The maximum Gasteiger partial charge on any atom is 0.341 e. The second-order valence-corrected chi connectivity index (χ2v) is 3.32. The predicted octanol–water partition coefficient (Wildman–Crippen LogP) is 0.898. The molecule has 15 heavy (non-hydrogen) atoms. The molecule has 1 heterocycles. The second-order valence-electron chi connectivity index (χ2n) is 3.32. The first-order valence-corrected chi connectivity index (χ1v) is 4.45. The van der Waals surface area contributed by atoms with Crippen LogP contribution in [-0.4, -0.2) is 11.9 Å². The minimum atomic E-state index is -0.435. The van der Waals surface area contributed by atoms with Gasteiger partial charge in [-0.15, -0.1) is 0 Å². The molecule has 1 aromatic rings. The molecule has 0 atom stereocenters. The van der Waals surface area contributed by atoms with E-state index in [2.05, 4.69) is 5.32 Å². The summed E-state index contributed by atoms with van der Waals surface area (Å²) < 4.78 is 4.83. The largest absolute Gasteiger partial charge is 0.457 e. The Morgan fingerprint density at radius 3 is 2.93 bits per heavy atom. The quantitative estimate of drug-likeness (QED) is 0.528. The van der Waals surface area contributed by atoms with Gasteiger partial charge in [0.2, 0.25) is 5.91 Å². The molecule has 0 saturated heterocycles. The Kier molecular flexibility index (Phi) is 2.07. The summed E-state index contributed by atoms with van der Waals surface area (Å²) in [4.78, 5) is 22.2. The Hall–Kier alpha value is -2.04. The standard InChI is InChI=1S/C10H10N2O3/c1-5(13)12-7-3-2-6-4-15-10(14)8(6)9(7)11/h2-3H,4,11H2,1H3,(H,12,13). The van der Waals surface area contributed by atoms with Gasteiger partial charge in [-0.2, -0.15) is 0 Å². The summed E-state index contributed by atoms with van der Waals surface area (Å²) in [5.74, 6) is -0.664. The number of hydrogen-bond donors (Lipinski definition) is 2. The molecule has 0 fully saturated rings. The van der Waals surface area contributed by atoms with Gasteiger partial charge in [-0.25, -0.2) is 4.79 Å². The number of hydrogen-bond acceptors (Lipinski definition) is 4. The van der Waals surface area contributed by atoms with Crippen LogP contribution in [0.4, 0.5) is 11.4 Å². The van der Waals surface area contributed by atoms with Gasteiger partial charge < -0.3 is 15.8 Å². The number of nitrogen functional groups attached to an aromatic ring is 1. The lowest BCUT2D eigenvalue weighted by Gasteiger charge is -2.08. The fraction of sp³-hybridized carbons (Fsp3) is 0.200. The van der Waals surface area contributed by atoms with E-state index in [9.17, 15) is 9.59 Å². The molecule has 0 unspecified atom stereocenters. The average Bonchev–Trinajstić information content (AvgIpc) is 2.53. The zero-order valence-corrected chi connectivity index (χ0v) is 8.16. The molecule has 5 nitrogen and oxygen atoms in total. The van der Waals surface area contributed by atoms with E-state index in [1.807, 2.05) is 0 Å². The van der Waals surface area contributed by atoms with Gasteiger partial charge in [-0.05, 0) is 6.07 Å². The zero-order chi connectivity index (χ0) is 11.0.